The Hall–Kier alpha value is -3.70. The Labute approximate surface area is 188 Å². The normalized spacial score (nSPS) is 13.4. The molecule has 0 spiro atoms. The number of ketones is 1. The van der Waals surface area contributed by atoms with Crippen LogP contribution >= 0.6 is 0 Å². The van der Waals surface area contributed by atoms with Gasteiger partial charge in [0.2, 0.25) is 0 Å². The molecule has 0 atom stereocenters. The van der Waals surface area contributed by atoms with Gasteiger partial charge in [-0.2, -0.15) is 0 Å². The molecule has 162 valence electrons. The number of carbonyl (C=O) groups is 2. The van der Waals surface area contributed by atoms with Crippen LogP contribution in [0.15, 0.2) is 91.0 Å². The molecule has 2 N–H and O–H groups in total. The third-order valence-corrected chi connectivity index (χ3v) is 5.72. The van der Waals surface area contributed by atoms with Crippen LogP contribution in [0.1, 0.15) is 27.9 Å². The fraction of sp³-hybridized carbons (Fsp3) is 0.185. The summed E-state index contributed by atoms with van der Waals surface area (Å²) in [7, 11) is 0. The predicted octanol–water partition coefficient (Wildman–Crippen LogP) is 4.74. The summed E-state index contributed by atoms with van der Waals surface area (Å²) >= 11 is 0. The summed E-state index contributed by atoms with van der Waals surface area (Å²) < 4.78 is 0. The summed E-state index contributed by atoms with van der Waals surface area (Å²) in [4.78, 5) is 29.0. The first kappa shape index (κ1) is 21.5. The van der Waals surface area contributed by atoms with E-state index in [2.05, 4.69) is 18.2 Å². The number of urea groups is 1. The Bertz CT molecular complexity index is 1090. The van der Waals surface area contributed by atoms with E-state index in [4.69, 9.17) is 5.73 Å². The first-order valence-electron chi connectivity index (χ1n) is 10.8. The van der Waals surface area contributed by atoms with Crippen molar-refractivity contribution in [3.63, 3.8) is 0 Å². The van der Waals surface area contributed by atoms with Crippen molar-refractivity contribution in [2.75, 3.05) is 24.5 Å². The number of amides is 2. The molecule has 0 unspecified atom stereocenters. The Balaban J connectivity index is 1.53. The lowest BCUT2D eigenvalue weighted by Gasteiger charge is -2.33. The lowest BCUT2D eigenvalue weighted by Crippen LogP contribution is -2.44. The van der Waals surface area contributed by atoms with Gasteiger partial charge in [-0.3, -0.25) is 9.69 Å². The van der Waals surface area contributed by atoms with Crippen molar-refractivity contribution in [1.82, 2.24) is 4.90 Å². The zero-order valence-electron chi connectivity index (χ0n) is 18.0. The minimum atomic E-state index is -0.0955. The Morgan fingerprint density at radius 3 is 2.12 bits per heavy atom. The van der Waals surface area contributed by atoms with Crippen LogP contribution in [0.4, 0.5) is 10.5 Å². The summed E-state index contributed by atoms with van der Waals surface area (Å²) in [6, 6.07) is 27.3. The Morgan fingerprint density at radius 2 is 1.53 bits per heavy atom. The van der Waals surface area contributed by atoms with Gasteiger partial charge in [0.1, 0.15) is 0 Å². The maximum Gasteiger partial charge on any atom is 0.325 e. The van der Waals surface area contributed by atoms with Crippen molar-refractivity contribution in [3.8, 4) is 0 Å². The summed E-state index contributed by atoms with van der Waals surface area (Å²) in [5, 5.41) is 0. The van der Waals surface area contributed by atoms with Crippen molar-refractivity contribution in [3.05, 3.63) is 108 Å². The number of para-hydroxylation sites is 1. The molecule has 5 heteroatoms. The number of rotatable bonds is 6. The van der Waals surface area contributed by atoms with Crippen LogP contribution in [-0.2, 0) is 6.54 Å². The van der Waals surface area contributed by atoms with E-state index in [1.807, 2.05) is 65.6 Å². The minimum absolute atomic E-state index is 0.0125. The van der Waals surface area contributed by atoms with E-state index in [0.29, 0.717) is 25.2 Å². The van der Waals surface area contributed by atoms with Gasteiger partial charge in [-0.1, -0.05) is 78.9 Å². The quantitative estimate of drug-likeness (QED) is 0.580. The lowest BCUT2D eigenvalue weighted by atomic mass is 10.00. The van der Waals surface area contributed by atoms with Gasteiger partial charge in [0, 0.05) is 24.3 Å². The van der Waals surface area contributed by atoms with Crippen LogP contribution in [0.5, 0.6) is 0 Å². The highest BCUT2D eigenvalue weighted by atomic mass is 16.2. The topological polar surface area (TPSA) is 66.6 Å². The van der Waals surface area contributed by atoms with Gasteiger partial charge in [0.05, 0.1) is 13.1 Å². The first-order chi connectivity index (χ1) is 15.7. The smallest absolute Gasteiger partial charge is 0.324 e. The van der Waals surface area contributed by atoms with Crippen LogP contribution in [0.3, 0.4) is 0 Å². The van der Waals surface area contributed by atoms with E-state index in [1.54, 1.807) is 17.0 Å². The lowest BCUT2D eigenvalue weighted by molar-refractivity contribution is 0.100. The van der Waals surface area contributed by atoms with Crippen LogP contribution in [0, 0.1) is 0 Å². The van der Waals surface area contributed by atoms with Gasteiger partial charge in [-0.05, 0) is 35.3 Å². The molecule has 0 aromatic heterocycles. The number of anilines is 1. The second kappa shape index (κ2) is 10.1. The molecule has 3 aromatic carbocycles. The van der Waals surface area contributed by atoms with E-state index in [0.717, 1.165) is 17.7 Å². The largest absolute Gasteiger partial charge is 0.325 e. The number of nitrogens with zero attached hydrogens (tertiary/aromatic N) is 2. The second-order valence-electron chi connectivity index (χ2n) is 7.82. The number of hydrogen-bond acceptors (Lipinski definition) is 3. The molecule has 1 aliphatic rings. The zero-order chi connectivity index (χ0) is 22.3. The van der Waals surface area contributed by atoms with Crippen molar-refractivity contribution < 1.29 is 9.59 Å². The van der Waals surface area contributed by atoms with Crippen molar-refractivity contribution in [1.29, 1.82) is 0 Å². The molecule has 0 saturated carbocycles. The molecule has 0 bridgehead atoms. The monoisotopic (exact) mass is 425 g/mol. The zero-order valence-corrected chi connectivity index (χ0v) is 18.0. The van der Waals surface area contributed by atoms with E-state index in [-0.39, 0.29) is 18.4 Å². The van der Waals surface area contributed by atoms with Crippen molar-refractivity contribution in [2.24, 2.45) is 5.73 Å². The average molecular weight is 426 g/mol. The molecular formula is C27H27N3O2. The third-order valence-electron chi connectivity index (χ3n) is 5.72. The average Bonchev–Trinajstić information content (AvgIpc) is 2.88. The highest BCUT2D eigenvalue weighted by molar-refractivity contribution is 5.97. The van der Waals surface area contributed by atoms with Crippen LogP contribution in [0.2, 0.25) is 0 Å². The van der Waals surface area contributed by atoms with Crippen molar-refractivity contribution >= 4 is 23.1 Å². The number of benzene rings is 3. The SMILES string of the molecule is NCC(=O)c1ccc(CN(C(=O)N2CC=C(c3ccccc3)CC2)c2ccccc2)cc1. The number of carbonyl (C=O) groups excluding carboxylic acids is 2. The maximum absolute atomic E-state index is 13.5. The highest BCUT2D eigenvalue weighted by Crippen LogP contribution is 2.25. The second-order valence-corrected chi connectivity index (χ2v) is 7.82. The Kier molecular flexibility index (Phi) is 6.78. The van der Waals surface area contributed by atoms with Crippen LogP contribution in [0.25, 0.3) is 5.57 Å². The van der Waals surface area contributed by atoms with E-state index in [1.165, 1.54) is 11.1 Å². The van der Waals surface area contributed by atoms with Crippen LogP contribution < -0.4 is 10.6 Å². The summed E-state index contributed by atoms with van der Waals surface area (Å²) in [6.07, 6.45) is 2.97. The molecule has 4 rings (SSSR count). The first-order valence-corrected chi connectivity index (χ1v) is 10.8. The fourth-order valence-corrected chi connectivity index (χ4v) is 3.90. The molecule has 32 heavy (non-hydrogen) atoms. The standard InChI is InChI=1S/C27H27N3O2/c28-19-26(31)24-13-11-21(12-14-24)20-30(25-9-5-2-6-10-25)27(32)29-17-15-23(16-18-29)22-7-3-1-4-8-22/h1-15H,16-20,28H2. The molecule has 2 amide bonds. The molecule has 0 fully saturated rings. The molecule has 1 aliphatic heterocycles. The summed E-state index contributed by atoms with van der Waals surface area (Å²) in [5.74, 6) is -0.0955. The van der Waals surface area contributed by atoms with E-state index in [9.17, 15) is 9.59 Å². The van der Waals surface area contributed by atoms with Gasteiger partial charge in [0.15, 0.2) is 5.78 Å². The molecule has 1 heterocycles. The Morgan fingerprint density at radius 1 is 0.875 bits per heavy atom. The van der Waals surface area contributed by atoms with Gasteiger partial charge >= 0.3 is 6.03 Å². The van der Waals surface area contributed by atoms with Gasteiger partial charge in [-0.25, -0.2) is 4.79 Å². The highest BCUT2D eigenvalue weighted by Gasteiger charge is 2.24. The predicted molar refractivity (Wildman–Crippen MR) is 128 cm³/mol. The maximum atomic E-state index is 13.5. The summed E-state index contributed by atoms with van der Waals surface area (Å²) in [5.41, 5.74) is 10.3. The molecule has 5 nitrogen and oxygen atoms in total. The van der Waals surface area contributed by atoms with Gasteiger partial charge in [-0.15, -0.1) is 0 Å². The number of hydrogen-bond donors (Lipinski definition) is 1. The molecule has 0 radical (unpaired) electrons. The molecule has 0 saturated heterocycles. The minimum Gasteiger partial charge on any atom is -0.324 e. The van der Waals surface area contributed by atoms with E-state index >= 15 is 0 Å². The fourth-order valence-electron chi connectivity index (χ4n) is 3.90. The van der Waals surface area contributed by atoms with Gasteiger partial charge in [0.25, 0.3) is 0 Å². The van der Waals surface area contributed by atoms with Crippen LogP contribution in [-0.4, -0.2) is 36.3 Å². The molecular weight excluding hydrogens is 398 g/mol. The molecule has 0 aliphatic carbocycles. The van der Waals surface area contributed by atoms with E-state index < -0.39 is 0 Å². The number of Topliss-reactive ketones (excluding diaryl/α,β-unsaturated/α-hetero) is 1. The number of nitrogens with two attached hydrogens (primary N) is 1. The van der Waals surface area contributed by atoms with Gasteiger partial charge < -0.3 is 10.6 Å². The molecule has 3 aromatic rings. The summed E-state index contributed by atoms with van der Waals surface area (Å²) in [6.45, 7) is 1.66. The third kappa shape index (κ3) is 4.95. The van der Waals surface area contributed by atoms with Crippen molar-refractivity contribution in [2.45, 2.75) is 13.0 Å².